The Labute approximate surface area is 83.5 Å². The molecule has 0 heterocycles. The number of nitrogens with two attached hydrogens (primary N) is 1. The molecule has 76 valence electrons. The topological polar surface area (TPSA) is 55.5 Å². The summed E-state index contributed by atoms with van der Waals surface area (Å²) in [4.78, 5) is 0. The molecule has 3 nitrogen and oxygen atoms in total. The quantitative estimate of drug-likeness (QED) is 0.699. The zero-order chi connectivity index (χ0) is 10.1. The van der Waals surface area contributed by atoms with Crippen molar-refractivity contribution in [2.24, 2.45) is 5.73 Å². The molecular weight excluding hydrogens is 178 g/mol. The summed E-state index contributed by atoms with van der Waals surface area (Å²) in [6.07, 6.45) is 1.23. The fourth-order valence-electron chi connectivity index (χ4n) is 1.93. The van der Waals surface area contributed by atoms with E-state index in [0.717, 1.165) is 24.2 Å². The van der Waals surface area contributed by atoms with E-state index in [1.54, 1.807) is 7.11 Å². The number of aliphatic hydroxyl groups is 1. The predicted octanol–water partition coefficient (Wildman–Crippen LogP) is 1.00. The molecule has 0 aliphatic heterocycles. The number of fused-ring (bicyclic) bond motifs is 1. The van der Waals surface area contributed by atoms with E-state index in [9.17, 15) is 5.11 Å². The minimum atomic E-state index is -0.422. The summed E-state index contributed by atoms with van der Waals surface area (Å²) < 4.78 is 5.13. The van der Waals surface area contributed by atoms with Gasteiger partial charge in [-0.25, -0.2) is 0 Å². The van der Waals surface area contributed by atoms with Gasteiger partial charge in [0.15, 0.2) is 0 Å². The second kappa shape index (κ2) is 3.59. The first-order chi connectivity index (χ1) is 6.72. The first-order valence-corrected chi connectivity index (χ1v) is 4.83. The van der Waals surface area contributed by atoms with E-state index in [1.807, 2.05) is 18.2 Å². The summed E-state index contributed by atoms with van der Waals surface area (Å²) >= 11 is 0. The van der Waals surface area contributed by atoms with Gasteiger partial charge in [-0.05, 0) is 36.1 Å². The molecule has 1 aromatic rings. The molecule has 0 saturated heterocycles. The lowest BCUT2D eigenvalue weighted by Gasteiger charge is -2.27. The highest BCUT2D eigenvalue weighted by atomic mass is 16.5. The van der Waals surface area contributed by atoms with Crippen LogP contribution in [0.4, 0.5) is 0 Å². The molecule has 14 heavy (non-hydrogen) atoms. The second-order valence-electron chi connectivity index (χ2n) is 3.70. The number of rotatable bonds is 1. The van der Waals surface area contributed by atoms with Crippen molar-refractivity contribution in [2.45, 2.75) is 25.0 Å². The van der Waals surface area contributed by atoms with Crippen LogP contribution in [0.2, 0.25) is 0 Å². The highest BCUT2D eigenvalue weighted by Crippen LogP contribution is 2.30. The second-order valence-corrected chi connectivity index (χ2v) is 3.70. The zero-order valence-corrected chi connectivity index (χ0v) is 8.23. The van der Waals surface area contributed by atoms with Gasteiger partial charge in [-0.15, -0.1) is 0 Å². The molecule has 0 saturated carbocycles. The average Bonchev–Trinajstić information content (AvgIpc) is 2.23. The van der Waals surface area contributed by atoms with E-state index in [0.29, 0.717) is 0 Å². The van der Waals surface area contributed by atoms with E-state index in [2.05, 4.69) is 0 Å². The van der Waals surface area contributed by atoms with Gasteiger partial charge in [0.25, 0.3) is 0 Å². The van der Waals surface area contributed by atoms with Gasteiger partial charge < -0.3 is 15.6 Å². The number of ether oxygens (including phenoxy) is 1. The van der Waals surface area contributed by atoms with Crippen molar-refractivity contribution in [2.75, 3.05) is 7.11 Å². The molecule has 0 amide bonds. The van der Waals surface area contributed by atoms with E-state index >= 15 is 0 Å². The number of hydrogen-bond acceptors (Lipinski definition) is 3. The fourth-order valence-corrected chi connectivity index (χ4v) is 1.93. The van der Waals surface area contributed by atoms with Crippen LogP contribution < -0.4 is 10.5 Å². The maximum Gasteiger partial charge on any atom is 0.119 e. The number of benzene rings is 1. The lowest BCUT2D eigenvalue weighted by Crippen LogP contribution is -2.31. The van der Waals surface area contributed by atoms with Crippen LogP contribution in [0.15, 0.2) is 18.2 Å². The van der Waals surface area contributed by atoms with Crippen LogP contribution in [0.5, 0.6) is 5.75 Å². The van der Waals surface area contributed by atoms with Gasteiger partial charge in [-0.3, -0.25) is 0 Å². The van der Waals surface area contributed by atoms with Crippen molar-refractivity contribution in [1.29, 1.82) is 0 Å². The van der Waals surface area contributed by atoms with Crippen molar-refractivity contribution < 1.29 is 9.84 Å². The minimum Gasteiger partial charge on any atom is -0.497 e. The van der Waals surface area contributed by atoms with Crippen LogP contribution in [0.3, 0.4) is 0 Å². The normalized spacial score (nSPS) is 25.6. The Kier molecular flexibility index (Phi) is 2.44. The molecule has 1 aliphatic carbocycles. The maximum atomic E-state index is 9.62. The molecule has 0 aromatic heterocycles. The number of hydrogen-bond donors (Lipinski definition) is 2. The van der Waals surface area contributed by atoms with E-state index < -0.39 is 6.10 Å². The molecule has 3 N–H and O–H groups in total. The van der Waals surface area contributed by atoms with Crippen LogP contribution in [0.25, 0.3) is 0 Å². The molecule has 3 heteroatoms. The predicted molar refractivity (Wildman–Crippen MR) is 54.3 cm³/mol. The SMILES string of the molecule is COc1ccc2c(c1)[C@H](N)[C@H](O)CC2. The lowest BCUT2D eigenvalue weighted by atomic mass is 9.86. The van der Waals surface area contributed by atoms with Gasteiger partial charge in [0.2, 0.25) is 0 Å². The molecule has 1 aliphatic rings. The summed E-state index contributed by atoms with van der Waals surface area (Å²) in [6.45, 7) is 0. The van der Waals surface area contributed by atoms with Gasteiger partial charge in [-0.1, -0.05) is 6.07 Å². The molecule has 0 bridgehead atoms. The van der Waals surface area contributed by atoms with Gasteiger partial charge >= 0.3 is 0 Å². The summed E-state index contributed by atoms with van der Waals surface area (Å²) in [5.41, 5.74) is 8.15. The molecule has 0 spiro atoms. The van der Waals surface area contributed by atoms with Crippen LogP contribution in [0, 0.1) is 0 Å². The molecule has 2 rings (SSSR count). The lowest BCUT2D eigenvalue weighted by molar-refractivity contribution is 0.128. The standard InChI is InChI=1S/C11H15NO2/c1-14-8-4-2-7-3-5-10(13)11(12)9(7)6-8/h2,4,6,10-11,13H,3,5,12H2,1H3/t10-,11+/m1/s1. The van der Waals surface area contributed by atoms with Crippen LogP contribution >= 0.6 is 0 Å². The van der Waals surface area contributed by atoms with Crippen molar-refractivity contribution >= 4 is 0 Å². The third kappa shape index (κ3) is 1.49. The van der Waals surface area contributed by atoms with Gasteiger partial charge in [0.1, 0.15) is 5.75 Å². The van der Waals surface area contributed by atoms with E-state index in [-0.39, 0.29) is 6.04 Å². The highest BCUT2D eigenvalue weighted by Gasteiger charge is 2.24. The van der Waals surface area contributed by atoms with E-state index in [4.69, 9.17) is 10.5 Å². The van der Waals surface area contributed by atoms with Crippen molar-refractivity contribution in [3.63, 3.8) is 0 Å². The maximum absolute atomic E-state index is 9.62. The monoisotopic (exact) mass is 193 g/mol. The van der Waals surface area contributed by atoms with Crippen LogP contribution in [-0.2, 0) is 6.42 Å². The third-order valence-electron chi connectivity index (χ3n) is 2.84. The first-order valence-electron chi connectivity index (χ1n) is 4.83. The van der Waals surface area contributed by atoms with Crippen LogP contribution in [0.1, 0.15) is 23.6 Å². The summed E-state index contributed by atoms with van der Waals surface area (Å²) in [6, 6.07) is 5.61. The Morgan fingerprint density at radius 3 is 3.00 bits per heavy atom. The molecule has 0 radical (unpaired) electrons. The first kappa shape index (κ1) is 9.49. The van der Waals surface area contributed by atoms with Gasteiger partial charge in [0.05, 0.1) is 19.3 Å². The summed E-state index contributed by atoms with van der Waals surface area (Å²) in [5, 5.41) is 9.62. The molecule has 2 atom stereocenters. The number of aryl methyl sites for hydroxylation is 1. The molecule has 0 unspecified atom stereocenters. The Balaban J connectivity index is 2.41. The van der Waals surface area contributed by atoms with Crippen LogP contribution in [-0.4, -0.2) is 18.3 Å². The molecular formula is C11H15NO2. The van der Waals surface area contributed by atoms with Gasteiger partial charge in [0, 0.05) is 0 Å². The number of aliphatic hydroxyl groups excluding tert-OH is 1. The smallest absolute Gasteiger partial charge is 0.119 e. The van der Waals surface area contributed by atoms with Crippen molar-refractivity contribution in [3.05, 3.63) is 29.3 Å². The minimum absolute atomic E-state index is 0.270. The molecule has 1 aromatic carbocycles. The Morgan fingerprint density at radius 2 is 2.29 bits per heavy atom. The fraction of sp³-hybridized carbons (Fsp3) is 0.455. The summed E-state index contributed by atoms with van der Waals surface area (Å²) in [5.74, 6) is 0.799. The average molecular weight is 193 g/mol. The Hall–Kier alpha value is -1.06. The van der Waals surface area contributed by atoms with Gasteiger partial charge in [-0.2, -0.15) is 0 Å². The third-order valence-corrected chi connectivity index (χ3v) is 2.84. The van der Waals surface area contributed by atoms with E-state index in [1.165, 1.54) is 5.56 Å². The highest BCUT2D eigenvalue weighted by molar-refractivity contribution is 5.39. The van der Waals surface area contributed by atoms with Crippen molar-refractivity contribution in [3.8, 4) is 5.75 Å². The molecule has 0 fully saturated rings. The van der Waals surface area contributed by atoms with Crippen molar-refractivity contribution in [1.82, 2.24) is 0 Å². The largest absolute Gasteiger partial charge is 0.497 e. The Morgan fingerprint density at radius 1 is 1.50 bits per heavy atom. The summed E-state index contributed by atoms with van der Waals surface area (Å²) in [7, 11) is 1.63. The number of methoxy groups -OCH3 is 1. The Bertz CT molecular complexity index is 338. The zero-order valence-electron chi connectivity index (χ0n) is 8.23.